The van der Waals surface area contributed by atoms with Gasteiger partial charge in [0.05, 0.1) is 30.1 Å². The van der Waals surface area contributed by atoms with E-state index in [0.717, 1.165) is 16.9 Å². The number of carbonyl (C=O) groups excluding carboxylic acids is 1. The highest BCUT2D eigenvalue weighted by atomic mass is 16.5. The number of aromatic amines is 1. The summed E-state index contributed by atoms with van der Waals surface area (Å²) in [7, 11) is 1.72. The van der Waals surface area contributed by atoms with E-state index >= 15 is 0 Å². The van der Waals surface area contributed by atoms with Gasteiger partial charge in [0.15, 0.2) is 6.61 Å². The topological polar surface area (TPSA) is 82.0 Å². The van der Waals surface area contributed by atoms with E-state index in [4.69, 9.17) is 10.00 Å². The molecule has 0 radical (unpaired) electrons. The third-order valence-electron chi connectivity index (χ3n) is 3.23. The lowest BCUT2D eigenvalue weighted by molar-refractivity contribution is -0.120. The van der Waals surface area contributed by atoms with Crippen molar-refractivity contribution >= 4 is 11.6 Å². The van der Waals surface area contributed by atoms with E-state index in [9.17, 15) is 4.79 Å². The van der Waals surface area contributed by atoms with Gasteiger partial charge in [-0.15, -0.1) is 0 Å². The monoisotopic (exact) mass is 268 g/mol. The molecule has 3 rings (SSSR count). The number of imidazole rings is 1. The summed E-state index contributed by atoms with van der Waals surface area (Å²) in [5.41, 5.74) is 2.44. The minimum atomic E-state index is -0.0792. The number of fused-ring (bicyclic) bond motifs is 1. The van der Waals surface area contributed by atoms with Crippen molar-refractivity contribution in [1.82, 2.24) is 9.97 Å². The van der Waals surface area contributed by atoms with Crippen LogP contribution in [0, 0.1) is 11.3 Å². The largest absolute Gasteiger partial charge is 0.482 e. The number of anilines is 1. The van der Waals surface area contributed by atoms with Crippen LogP contribution < -0.4 is 9.64 Å². The molecule has 20 heavy (non-hydrogen) atoms. The molecular formula is C14H12N4O2. The Morgan fingerprint density at radius 3 is 3.20 bits per heavy atom. The third-order valence-corrected chi connectivity index (χ3v) is 3.23. The van der Waals surface area contributed by atoms with Gasteiger partial charge < -0.3 is 14.6 Å². The van der Waals surface area contributed by atoms with Gasteiger partial charge in [0.25, 0.3) is 5.91 Å². The van der Waals surface area contributed by atoms with E-state index in [1.165, 1.54) is 0 Å². The quantitative estimate of drug-likeness (QED) is 0.894. The number of ether oxygens (including phenoxy) is 1. The summed E-state index contributed by atoms with van der Waals surface area (Å²) in [6.45, 7) is 0.0687. The molecule has 0 bridgehead atoms. The Kier molecular flexibility index (Phi) is 2.88. The molecule has 0 aliphatic carbocycles. The molecule has 0 saturated heterocycles. The number of nitriles is 1. The molecule has 0 unspecified atom stereocenters. The number of hydrogen-bond acceptors (Lipinski definition) is 4. The molecule has 1 aliphatic heterocycles. The maximum absolute atomic E-state index is 11.6. The van der Waals surface area contributed by atoms with Gasteiger partial charge in [0, 0.05) is 12.6 Å². The van der Waals surface area contributed by atoms with E-state index in [2.05, 4.69) is 9.97 Å². The van der Waals surface area contributed by atoms with Crippen LogP contribution in [-0.4, -0.2) is 29.5 Å². The smallest absolute Gasteiger partial charge is 0.264 e. The summed E-state index contributed by atoms with van der Waals surface area (Å²) in [5, 5.41) is 8.65. The number of aromatic nitrogens is 2. The number of H-pyrrole nitrogens is 1. The van der Waals surface area contributed by atoms with Gasteiger partial charge in [-0.25, -0.2) is 4.98 Å². The molecule has 1 aromatic heterocycles. The second kappa shape index (κ2) is 4.70. The van der Waals surface area contributed by atoms with E-state index in [-0.39, 0.29) is 18.9 Å². The number of nitrogens with zero attached hydrogens (tertiary/aromatic N) is 3. The fourth-order valence-corrected chi connectivity index (χ4v) is 2.11. The van der Waals surface area contributed by atoms with Crippen LogP contribution in [0.1, 0.15) is 5.82 Å². The van der Waals surface area contributed by atoms with Crippen molar-refractivity contribution in [3.05, 3.63) is 30.2 Å². The number of likely N-dealkylation sites (N-methyl/N-ethyl adjacent to an activating group) is 1. The molecule has 0 fully saturated rings. The van der Waals surface area contributed by atoms with Crippen LogP contribution in [0.5, 0.6) is 5.75 Å². The van der Waals surface area contributed by atoms with Gasteiger partial charge >= 0.3 is 0 Å². The molecule has 1 N–H and O–H groups in total. The molecule has 1 amide bonds. The fraction of sp³-hybridized carbons (Fsp3) is 0.214. The minimum absolute atomic E-state index is 0.0687. The predicted molar refractivity (Wildman–Crippen MR) is 72.2 cm³/mol. The Morgan fingerprint density at radius 1 is 1.55 bits per heavy atom. The van der Waals surface area contributed by atoms with E-state index in [1.807, 2.05) is 24.3 Å². The average molecular weight is 268 g/mol. The summed E-state index contributed by atoms with van der Waals surface area (Å²) in [4.78, 5) is 20.4. The Balaban J connectivity index is 1.99. The highest BCUT2D eigenvalue weighted by Crippen LogP contribution is 2.34. The van der Waals surface area contributed by atoms with Crippen molar-refractivity contribution in [2.75, 3.05) is 18.6 Å². The zero-order valence-corrected chi connectivity index (χ0v) is 10.9. The lowest BCUT2D eigenvalue weighted by Gasteiger charge is -2.26. The standard InChI is InChI=1S/C14H12N4O2/c1-18-11-6-9(2-3-12(11)20-8-14(18)19)10-7-16-13(17-10)4-5-15/h2-3,6-7H,4,8H2,1H3,(H,16,17). The minimum Gasteiger partial charge on any atom is -0.482 e. The van der Waals surface area contributed by atoms with Crippen LogP contribution in [0.25, 0.3) is 11.3 Å². The molecule has 2 aromatic rings. The molecule has 1 aromatic carbocycles. The van der Waals surface area contributed by atoms with Gasteiger partial charge in [0.1, 0.15) is 11.6 Å². The molecule has 6 heteroatoms. The SMILES string of the molecule is CN1C(=O)COc2ccc(-c3cnc(CC#N)[nH]3)cc21. The molecule has 100 valence electrons. The van der Waals surface area contributed by atoms with Gasteiger partial charge in [0.2, 0.25) is 0 Å². The van der Waals surface area contributed by atoms with Crippen LogP contribution in [0.3, 0.4) is 0 Å². The third kappa shape index (κ3) is 1.99. The number of carbonyl (C=O) groups is 1. The van der Waals surface area contributed by atoms with Crippen LogP contribution in [0.4, 0.5) is 5.69 Å². The Labute approximate surface area is 115 Å². The van der Waals surface area contributed by atoms with Gasteiger partial charge in [-0.2, -0.15) is 5.26 Å². The number of amides is 1. The van der Waals surface area contributed by atoms with Crippen LogP contribution >= 0.6 is 0 Å². The van der Waals surface area contributed by atoms with Gasteiger partial charge in [-0.05, 0) is 18.2 Å². The predicted octanol–water partition coefficient (Wildman–Crippen LogP) is 1.50. The van der Waals surface area contributed by atoms with Gasteiger partial charge in [-0.3, -0.25) is 4.79 Å². The van der Waals surface area contributed by atoms with Gasteiger partial charge in [-0.1, -0.05) is 0 Å². The number of hydrogen-bond donors (Lipinski definition) is 1. The maximum atomic E-state index is 11.6. The molecule has 2 heterocycles. The zero-order chi connectivity index (χ0) is 14.1. The number of benzene rings is 1. The van der Waals surface area contributed by atoms with E-state index < -0.39 is 0 Å². The molecular weight excluding hydrogens is 256 g/mol. The van der Waals surface area contributed by atoms with Crippen LogP contribution in [-0.2, 0) is 11.2 Å². The molecule has 6 nitrogen and oxygen atoms in total. The lowest BCUT2D eigenvalue weighted by atomic mass is 10.1. The highest BCUT2D eigenvalue weighted by molar-refractivity contribution is 5.98. The van der Waals surface area contributed by atoms with E-state index in [1.54, 1.807) is 18.1 Å². The van der Waals surface area contributed by atoms with Crippen molar-refractivity contribution in [3.63, 3.8) is 0 Å². The first-order chi connectivity index (χ1) is 9.69. The molecule has 0 saturated carbocycles. The van der Waals surface area contributed by atoms with Crippen molar-refractivity contribution in [1.29, 1.82) is 5.26 Å². The highest BCUT2D eigenvalue weighted by Gasteiger charge is 2.22. The van der Waals surface area contributed by atoms with Crippen LogP contribution in [0.15, 0.2) is 24.4 Å². The zero-order valence-electron chi connectivity index (χ0n) is 10.9. The van der Waals surface area contributed by atoms with Crippen molar-refractivity contribution in [3.8, 4) is 23.1 Å². The summed E-state index contributed by atoms with van der Waals surface area (Å²) in [6, 6.07) is 7.64. The first-order valence-electron chi connectivity index (χ1n) is 6.13. The first kappa shape index (κ1) is 12.2. The second-order valence-electron chi connectivity index (χ2n) is 4.50. The Hall–Kier alpha value is -2.81. The molecule has 0 atom stereocenters. The number of nitrogens with one attached hydrogen (secondary N) is 1. The summed E-state index contributed by atoms with van der Waals surface area (Å²) in [6.07, 6.45) is 1.92. The molecule has 1 aliphatic rings. The Morgan fingerprint density at radius 2 is 2.40 bits per heavy atom. The van der Waals surface area contributed by atoms with Crippen molar-refractivity contribution < 1.29 is 9.53 Å². The van der Waals surface area contributed by atoms with Crippen molar-refractivity contribution in [2.45, 2.75) is 6.42 Å². The number of rotatable bonds is 2. The Bertz CT molecular complexity index is 714. The normalized spacial score (nSPS) is 13.6. The summed E-state index contributed by atoms with van der Waals surface area (Å²) in [5.74, 6) is 1.23. The fourth-order valence-electron chi connectivity index (χ4n) is 2.11. The second-order valence-corrected chi connectivity index (χ2v) is 4.50. The maximum Gasteiger partial charge on any atom is 0.264 e. The lowest BCUT2D eigenvalue weighted by Crippen LogP contribution is -2.35. The summed E-state index contributed by atoms with van der Waals surface area (Å²) >= 11 is 0. The van der Waals surface area contributed by atoms with Crippen LogP contribution in [0.2, 0.25) is 0 Å². The van der Waals surface area contributed by atoms with Crippen molar-refractivity contribution in [2.24, 2.45) is 0 Å². The van der Waals surface area contributed by atoms with E-state index in [0.29, 0.717) is 11.6 Å². The molecule has 0 spiro atoms. The summed E-state index contributed by atoms with van der Waals surface area (Å²) < 4.78 is 5.38. The average Bonchev–Trinajstić information content (AvgIpc) is 2.92. The first-order valence-corrected chi connectivity index (χ1v) is 6.13.